The normalized spacial score (nSPS) is 18.4. The Morgan fingerprint density at radius 1 is 1.30 bits per heavy atom. The number of rotatable bonds is 2. The molecule has 1 aliphatic rings. The monoisotopic (exact) mass is 316 g/mol. The number of amides is 1. The molecular formula is C17H21FN4O. The van der Waals surface area contributed by atoms with Crippen molar-refractivity contribution in [2.75, 3.05) is 20.1 Å². The predicted octanol–water partition coefficient (Wildman–Crippen LogP) is 2.21. The summed E-state index contributed by atoms with van der Waals surface area (Å²) in [6.07, 6.45) is 1.98. The number of nitrogens with zero attached hydrogens (tertiary/aromatic N) is 3. The molecule has 1 saturated heterocycles. The molecule has 23 heavy (non-hydrogen) atoms. The third-order valence-electron chi connectivity index (χ3n) is 4.49. The highest BCUT2D eigenvalue weighted by atomic mass is 19.1. The van der Waals surface area contributed by atoms with Gasteiger partial charge >= 0.3 is 0 Å². The Morgan fingerprint density at radius 2 is 2.04 bits per heavy atom. The highest BCUT2D eigenvalue weighted by molar-refractivity contribution is 6.04. The van der Waals surface area contributed by atoms with Gasteiger partial charge in [-0.25, -0.2) is 14.4 Å². The molecular weight excluding hydrogens is 295 g/mol. The van der Waals surface area contributed by atoms with Crippen LogP contribution in [-0.4, -0.2) is 47.0 Å². The van der Waals surface area contributed by atoms with E-state index in [4.69, 9.17) is 0 Å². The van der Waals surface area contributed by atoms with Gasteiger partial charge in [-0.05, 0) is 39.8 Å². The first-order chi connectivity index (χ1) is 11.0. The Morgan fingerprint density at radius 3 is 2.78 bits per heavy atom. The molecule has 0 bridgehead atoms. The van der Waals surface area contributed by atoms with Gasteiger partial charge in [0.15, 0.2) is 0 Å². The van der Waals surface area contributed by atoms with Crippen LogP contribution in [0.1, 0.15) is 34.6 Å². The van der Waals surface area contributed by atoms with E-state index in [1.54, 1.807) is 4.90 Å². The number of nitrogens with one attached hydrogen (secondary N) is 1. The summed E-state index contributed by atoms with van der Waals surface area (Å²) in [5.41, 5.74) is 2.71. The molecule has 6 heteroatoms. The fraction of sp³-hybridized carbons (Fsp3) is 0.471. The minimum atomic E-state index is -0.458. The van der Waals surface area contributed by atoms with Crippen LogP contribution in [0.2, 0.25) is 0 Å². The number of likely N-dealkylation sites (tertiary alicyclic amines) is 1. The molecule has 5 nitrogen and oxygen atoms in total. The van der Waals surface area contributed by atoms with Crippen LogP contribution in [0.4, 0.5) is 4.39 Å². The summed E-state index contributed by atoms with van der Waals surface area (Å²) in [5, 5.41) is 3.21. The van der Waals surface area contributed by atoms with E-state index in [1.807, 2.05) is 20.9 Å². The molecule has 1 atom stereocenters. The van der Waals surface area contributed by atoms with Crippen molar-refractivity contribution in [1.82, 2.24) is 20.2 Å². The summed E-state index contributed by atoms with van der Waals surface area (Å²) in [6.45, 7) is 4.99. The van der Waals surface area contributed by atoms with E-state index in [0.717, 1.165) is 24.2 Å². The van der Waals surface area contributed by atoms with Crippen molar-refractivity contribution in [1.29, 1.82) is 0 Å². The fourth-order valence-corrected chi connectivity index (χ4v) is 3.03. The van der Waals surface area contributed by atoms with Crippen molar-refractivity contribution in [3.8, 4) is 0 Å². The number of piperidine rings is 1. The number of likely N-dealkylation sites (N-methyl/N-ethyl adjacent to an activating group) is 1. The molecule has 122 valence electrons. The van der Waals surface area contributed by atoms with Crippen molar-refractivity contribution in [2.45, 2.75) is 32.7 Å². The largest absolute Gasteiger partial charge is 0.337 e. The zero-order valence-corrected chi connectivity index (χ0v) is 13.7. The summed E-state index contributed by atoms with van der Waals surface area (Å²) in [5.74, 6) is -0.632. The number of hydrogen-bond acceptors (Lipinski definition) is 4. The van der Waals surface area contributed by atoms with Crippen LogP contribution in [0.15, 0.2) is 12.1 Å². The number of carbonyl (C=O) groups is 1. The minimum absolute atomic E-state index is 0.174. The standard InChI is InChI=1S/C17H21FN4O/c1-10-11(2)21-16-14(7-12(18)8-15(16)20-10)17(23)22-6-4-5-13(9-22)19-3/h7-8,13,19H,4-6,9H2,1-3H3. The second-order valence-electron chi connectivity index (χ2n) is 6.09. The Kier molecular flexibility index (Phi) is 4.26. The van der Waals surface area contributed by atoms with Crippen LogP contribution in [0.25, 0.3) is 11.0 Å². The lowest BCUT2D eigenvalue weighted by Crippen LogP contribution is -2.47. The Labute approximate surface area is 134 Å². The van der Waals surface area contributed by atoms with Gasteiger partial charge in [-0.1, -0.05) is 0 Å². The second-order valence-corrected chi connectivity index (χ2v) is 6.09. The van der Waals surface area contributed by atoms with Gasteiger partial charge in [-0.3, -0.25) is 4.79 Å². The van der Waals surface area contributed by atoms with Crippen LogP contribution in [0.3, 0.4) is 0 Å². The summed E-state index contributed by atoms with van der Waals surface area (Å²) >= 11 is 0. The maximum absolute atomic E-state index is 13.9. The number of fused-ring (bicyclic) bond motifs is 1. The predicted molar refractivity (Wildman–Crippen MR) is 87.0 cm³/mol. The van der Waals surface area contributed by atoms with E-state index < -0.39 is 5.82 Å². The smallest absolute Gasteiger partial charge is 0.256 e. The first kappa shape index (κ1) is 15.8. The molecule has 2 heterocycles. The van der Waals surface area contributed by atoms with Gasteiger partial charge < -0.3 is 10.2 Å². The van der Waals surface area contributed by atoms with Gasteiger partial charge in [-0.15, -0.1) is 0 Å². The highest BCUT2D eigenvalue weighted by Gasteiger charge is 2.26. The highest BCUT2D eigenvalue weighted by Crippen LogP contribution is 2.22. The third kappa shape index (κ3) is 3.03. The van der Waals surface area contributed by atoms with Crippen LogP contribution < -0.4 is 5.32 Å². The van der Waals surface area contributed by atoms with Crippen LogP contribution >= 0.6 is 0 Å². The minimum Gasteiger partial charge on any atom is -0.337 e. The molecule has 1 fully saturated rings. The second kappa shape index (κ2) is 6.20. The van der Waals surface area contributed by atoms with Gasteiger partial charge in [0.25, 0.3) is 5.91 Å². The number of hydrogen-bond donors (Lipinski definition) is 1. The van der Waals surface area contributed by atoms with Crippen molar-refractivity contribution >= 4 is 16.9 Å². The molecule has 1 amide bonds. The zero-order chi connectivity index (χ0) is 16.6. The number of benzene rings is 1. The summed E-state index contributed by atoms with van der Waals surface area (Å²) < 4.78 is 13.9. The van der Waals surface area contributed by atoms with Gasteiger partial charge in [-0.2, -0.15) is 0 Å². The lowest BCUT2D eigenvalue weighted by molar-refractivity contribution is 0.0699. The third-order valence-corrected chi connectivity index (χ3v) is 4.49. The number of aryl methyl sites for hydroxylation is 2. The summed E-state index contributed by atoms with van der Waals surface area (Å²) in [7, 11) is 1.90. The quantitative estimate of drug-likeness (QED) is 0.923. The first-order valence-corrected chi connectivity index (χ1v) is 7.90. The van der Waals surface area contributed by atoms with Gasteiger partial charge in [0.05, 0.1) is 22.5 Å². The number of carbonyl (C=O) groups excluding carboxylic acids is 1. The van der Waals surface area contributed by atoms with Crippen molar-refractivity contribution < 1.29 is 9.18 Å². The topological polar surface area (TPSA) is 58.1 Å². The van der Waals surface area contributed by atoms with Gasteiger partial charge in [0, 0.05) is 25.2 Å². The molecule has 0 saturated carbocycles. The molecule has 1 aliphatic heterocycles. The fourth-order valence-electron chi connectivity index (χ4n) is 3.03. The van der Waals surface area contributed by atoms with Gasteiger partial charge in [0.1, 0.15) is 11.3 Å². The van der Waals surface area contributed by atoms with E-state index in [0.29, 0.717) is 29.7 Å². The molecule has 1 aromatic heterocycles. The van der Waals surface area contributed by atoms with E-state index >= 15 is 0 Å². The SMILES string of the molecule is CNC1CCCN(C(=O)c2cc(F)cc3nc(C)c(C)nc23)C1. The van der Waals surface area contributed by atoms with Crippen LogP contribution in [0, 0.1) is 19.7 Å². The van der Waals surface area contributed by atoms with E-state index in [2.05, 4.69) is 15.3 Å². The summed E-state index contributed by atoms with van der Waals surface area (Å²) in [6, 6.07) is 2.89. The molecule has 1 N–H and O–H groups in total. The average molecular weight is 316 g/mol. The summed E-state index contributed by atoms with van der Waals surface area (Å²) in [4.78, 5) is 23.5. The lowest BCUT2D eigenvalue weighted by Gasteiger charge is -2.32. The number of aromatic nitrogens is 2. The van der Waals surface area contributed by atoms with E-state index in [1.165, 1.54) is 12.1 Å². The van der Waals surface area contributed by atoms with E-state index in [9.17, 15) is 9.18 Å². The molecule has 3 rings (SSSR count). The molecule has 0 aliphatic carbocycles. The van der Waals surface area contributed by atoms with Crippen molar-refractivity contribution in [2.24, 2.45) is 0 Å². The van der Waals surface area contributed by atoms with Crippen LogP contribution in [0.5, 0.6) is 0 Å². The van der Waals surface area contributed by atoms with Crippen molar-refractivity contribution in [3.05, 3.63) is 34.9 Å². The molecule has 0 spiro atoms. The van der Waals surface area contributed by atoms with Crippen LogP contribution in [-0.2, 0) is 0 Å². The molecule has 0 radical (unpaired) electrons. The Bertz CT molecular complexity index is 762. The zero-order valence-electron chi connectivity index (χ0n) is 13.7. The Balaban J connectivity index is 2.04. The lowest BCUT2D eigenvalue weighted by atomic mass is 10.0. The first-order valence-electron chi connectivity index (χ1n) is 7.90. The molecule has 2 aromatic rings. The maximum Gasteiger partial charge on any atom is 0.256 e. The van der Waals surface area contributed by atoms with Crippen molar-refractivity contribution in [3.63, 3.8) is 0 Å². The molecule has 1 unspecified atom stereocenters. The van der Waals surface area contributed by atoms with E-state index in [-0.39, 0.29) is 11.9 Å². The average Bonchev–Trinajstić information content (AvgIpc) is 2.55. The Hall–Kier alpha value is -2.08. The molecule has 1 aromatic carbocycles. The maximum atomic E-state index is 13.9. The van der Waals surface area contributed by atoms with Gasteiger partial charge in [0.2, 0.25) is 0 Å². The number of halogens is 1.